The topological polar surface area (TPSA) is 80.3 Å². The zero-order valence-electron chi connectivity index (χ0n) is 12.5. The van der Waals surface area contributed by atoms with Gasteiger partial charge < -0.3 is 5.32 Å². The Kier molecular flexibility index (Phi) is 3.80. The van der Waals surface area contributed by atoms with Gasteiger partial charge in [-0.1, -0.05) is 13.0 Å². The smallest absolute Gasteiger partial charge is 0.251 e. The molecule has 5 nitrogen and oxygen atoms in total. The van der Waals surface area contributed by atoms with Crippen molar-refractivity contribution in [2.24, 2.45) is 5.92 Å². The van der Waals surface area contributed by atoms with Crippen molar-refractivity contribution in [3.05, 3.63) is 34.9 Å². The quantitative estimate of drug-likeness (QED) is 0.892. The molecule has 3 rings (SSSR count). The van der Waals surface area contributed by atoms with Gasteiger partial charge >= 0.3 is 0 Å². The highest BCUT2D eigenvalue weighted by molar-refractivity contribution is 7.91. The molecule has 0 spiro atoms. The number of benzene rings is 1. The Morgan fingerprint density at radius 2 is 2.00 bits per heavy atom. The van der Waals surface area contributed by atoms with Gasteiger partial charge in [-0.3, -0.25) is 9.59 Å². The number of fused-ring (bicyclic) bond motifs is 1. The molecule has 1 fully saturated rings. The van der Waals surface area contributed by atoms with Crippen LogP contribution < -0.4 is 5.32 Å². The van der Waals surface area contributed by atoms with Crippen LogP contribution in [0.2, 0.25) is 0 Å². The summed E-state index contributed by atoms with van der Waals surface area (Å²) in [5, 5.41) is 2.82. The Morgan fingerprint density at radius 3 is 2.68 bits per heavy atom. The number of carbonyl (C=O) groups excluding carboxylic acids is 2. The van der Waals surface area contributed by atoms with Gasteiger partial charge in [-0.2, -0.15) is 0 Å². The first-order chi connectivity index (χ1) is 10.4. The molecule has 2 aliphatic rings. The maximum atomic E-state index is 12.3. The number of aryl methyl sites for hydroxylation is 1. The number of nitrogens with one attached hydrogen (secondary N) is 1. The normalized spacial score (nSPS) is 26.5. The van der Waals surface area contributed by atoms with Crippen LogP contribution in [0.15, 0.2) is 18.2 Å². The predicted octanol–water partition coefficient (Wildman–Crippen LogP) is 1.37. The number of hydrogen-bond acceptors (Lipinski definition) is 4. The van der Waals surface area contributed by atoms with E-state index in [0.29, 0.717) is 17.5 Å². The molecular weight excluding hydrogens is 302 g/mol. The Bertz CT molecular complexity index is 739. The molecule has 118 valence electrons. The zero-order chi connectivity index (χ0) is 15.9. The van der Waals surface area contributed by atoms with Crippen molar-refractivity contribution in [2.45, 2.75) is 32.2 Å². The van der Waals surface area contributed by atoms with Crippen LogP contribution in [0, 0.1) is 5.92 Å². The Hall–Kier alpha value is -1.69. The number of rotatable bonds is 2. The van der Waals surface area contributed by atoms with Crippen molar-refractivity contribution in [2.75, 3.05) is 11.5 Å². The summed E-state index contributed by atoms with van der Waals surface area (Å²) in [6, 6.07) is 4.78. The van der Waals surface area contributed by atoms with E-state index >= 15 is 0 Å². The van der Waals surface area contributed by atoms with Crippen LogP contribution in [0.1, 0.15) is 46.0 Å². The molecular formula is C16H19NO4S. The van der Waals surface area contributed by atoms with Crippen LogP contribution in [0.4, 0.5) is 0 Å². The van der Waals surface area contributed by atoms with Crippen LogP contribution in [0.5, 0.6) is 0 Å². The molecule has 0 bridgehead atoms. The molecule has 0 radical (unpaired) electrons. The first kappa shape index (κ1) is 15.2. The van der Waals surface area contributed by atoms with E-state index in [1.54, 1.807) is 18.2 Å². The molecule has 22 heavy (non-hydrogen) atoms. The van der Waals surface area contributed by atoms with Crippen LogP contribution in [-0.4, -0.2) is 37.7 Å². The fourth-order valence-corrected chi connectivity index (χ4v) is 5.37. The second kappa shape index (κ2) is 5.50. The molecule has 1 N–H and O–H groups in total. The van der Waals surface area contributed by atoms with Gasteiger partial charge in [0, 0.05) is 23.6 Å². The zero-order valence-corrected chi connectivity index (χ0v) is 13.3. The van der Waals surface area contributed by atoms with E-state index in [4.69, 9.17) is 0 Å². The number of hydrogen-bond donors (Lipinski definition) is 1. The third-order valence-corrected chi connectivity index (χ3v) is 6.37. The lowest BCUT2D eigenvalue weighted by Crippen LogP contribution is -2.39. The van der Waals surface area contributed by atoms with Gasteiger partial charge in [0.1, 0.15) is 0 Å². The van der Waals surface area contributed by atoms with Crippen LogP contribution in [0.25, 0.3) is 0 Å². The summed E-state index contributed by atoms with van der Waals surface area (Å²) in [5.41, 5.74) is 2.11. The minimum Gasteiger partial charge on any atom is -0.348 e. The first-order valence-electron chi connectivity index (χ1n) is 7.53. The third kappa shape index (κ3) is 2.92. The van der Waals surface area contributed by atoms with Crippen molar-refractivity contribution in [3.63, 3.8) is 0 Å². The third-order valence-electron chi connectivity index (χ3n) is 4.47. The summed E-state index contributed by atoms with van der Waals surface area (Å²) in [6.45, 7) is 1.83. The molecule has 1 aromatic rings. The lowest BCUT2D eigenvalue weighted by atomic mass is 9.89. The molecule has 1 aliphatic heterocycles. The molecule has 0 aromatic heterocycles. The summed E-state index contributed by atoms with van der Waals surface area (Å²) >= 11 is 0. The fraction of sp³-hybridized carbons (Fsp3) is 0.500. The average molecular weight is 321 g/mol. The highest BCUT2D eigenvalue weighted by Crippen LogP contribution is 2.23. The number of ketones is 1. The van der Waals surface area contributed by atoms with Gasteiger partial charge in [0.15, 0.2) is 15.6 Å². The van der Waals surface area contributed by atoms with Crippen molar-refractivity contribution >= 4 is 21.5 Å². The molecule has 1 saturated heterocycles. The fourth-order valence-electron chi connectivity index (χ4n) is 3.25. The summed E-state index contributed by atoms with van der Waals surface area (Å²) < 4.78 is 23.2. The molecule has 1 amide bonds. The number of Topliss-reactive ketones (excluding diaryl/α,β-unsaturated/α-hetero) is 1. The van der Waals surface area contributed by atoms with E-state index in [9.17, 15) is 18.0 Å². The molecule has 0 saturated carbocycles. The van der Waals surface area contributed by atoms with Gasteiger partial charge in [0.05, 0.1) is 11.5 Å². The number of sulfone groups is 1. The molecule has 0 unspecified atom stereocenters. The van der Waals surface area contributed by atoms with Crippen molar-refractivity contribution < 1.29 is 18.0 Å². The summed E-state index contributed by atoms with van der Waals surface area (Å²) in [5.74, 6) is -0.0911. The van der Waals surface area contributed by atoms with Gasteiger partial charge in [-0.15, -0.1) is 0 Å². The van der Waals surface area contributed by atoms with Crippen molar-refractivity contribution in [3.8, 4) is 0 Å². The van der Waals surface area contributed by atoms with E-state index in [-0.39, 0.29) is 35.2 Å². The standard InChI is InChI=1S/C16H19NO4S/c1-10-8-22(20,21)9-14(10)17-16(19)12-5-6-13-11(7-12)3-2-4-15(13)18/h5-7,10,14H,2-4,8-9H2,1H3,(H,17,19)/t10-,14+/m0/s1. The van der Waals surface area contributed by atoms with E-state index in [0.717, 1.165) is 18.4 Å². The van der Waals surface area contributed by atoms with Gasteiger partial charge in [-0.25, -0.2) is 8.42 Å². The van der Waals surface area contributed by atoms with E-state index in [1.165, 1.54) is 0 Å². The maximum Gasteiger partial charge on any atom is 0.251 e. The van der Waals surface area contributed by atoms with Gasteiger partial charge in [-0.05, 0) is 36.5 Å². The molecule has 1 aliphatic carbocycles. The van der Waals surface area contributed by atoms with Crippen molar-refractivity contribution in [1.29, 1.82) is 0 Å². The Labute approximate surface area is 130 Å². The van der Waals surface area contributed by atoms with Crippen LogP contribution >= 0.6 is 0 Å². The van der Waals surface area contributed by atoms with Gasteiger partial charge in [0.25, 0.3) is 5.91 Å². The second-order valence-corrected chi connectivity index (χ2v) is 8.44. The summed E-state index contributed by atoms with van der Waals surface area (Å²) in [7, 11) is -3.05. The SMILES string of the molecule is C[C@H]1CS(=O)(=O)C[C@H]1NC(=O)c1ccc2c(c1)CCCC2=O. The Balaban J connectivity index is 1.77. The van der Waals surface area contributed by atoms with E-state index in [1.807, 2.05) is 6.92 Å². The van der Waals surface area contributed by atoms with Crippen LogP contribution in [0.3, 0.4) is 0 Å². The Morgan fingerprint density at radius 1 is 1.23 bits per heavy atom. The average Bonchev–Trinajstić information content (AvgIpc) is 2.71. The predicted molar refractivity (Wildman–Crippen MR) is 82.8 cm³/mol. The lowest BCUT2D eigenvalue weighted by molar-refractivity contribution is 0.0929. The second-order valence-electron chi connectivity index (χ2n) is 6.28. The molecule has 1 aromatic carbocycles. The summed E-state index contributed by atoms with van der Waals surface area (Å²) in [6.07, 6.45) is 2.18. The number of carbonyl (C=O) groups is 2. The maximum absolute atomic E-state index is 12.3. The van der Waals surface area contributed by atoms with Gasteiger partial charge in [0.2, 0.25) is 0 Å². The highest BCUT2D eigenvalue weighted by atomic mass is 32.2. The summed E-state index contributed by atoms with van der Waals surface area (Å²) in [4.78, 5) is 24.1. The van der Waals surface area contributed by atoms with Crippen LogP contribution in [-0.2, 0) is 16.3 Å². The van der Waals surface area contributed by atoms with E-state index in [2.05, 4.69) is 5.32 Å². The molecule has 6 heteroatoms. The minimum absolute atomic E-state index is 0.00331. The lowest BCUT2D eigenvalue weighted by Gasteiger charge is -2.18. The minimum atomic E-state index is -3.05. The largest absolute Gasteiger partial charge is 0.348 e. The van der Waals surface area contributed by atoms with Crippen molar-refractivity contribution in [1.82, 2.24) is 5.32 Å². The molecule has 2 atom stereocenters. The monoisotopic (exact) mass is 321 g/mol. The number of amides is 1. The highest BCUT2D eigenvalue weighted by Gasteiger charge is 2.35. The molecule has 1 heterocycles. The van der Waals surface area contributed by atoms with E-state index < -0.39 is 9.84 Å². The first-order valence-corrected chi connectivity index (χ1v) is 9.35.